The number of allylic oxidation sites excluding steroid dienone is 1. The predicted octanol–water partition coefficient (Wildman–Crippen LogP) is 6.98. The van der Waals surface area contributed by atoms with Crippen molar-refractivity contribution in [2.75, 3.05) is 57.3 Å². The number of rotatable bonds is 13. The van der Waals surface area contributed by atoms with Crippen molar-refractivity contribution in [3.63, 3.8) is 0 Å². The Morgan fingerprint density at radius 3 is 2.52 bits per heavy atom. The number of methoxy groups -OCH3 is 2. The van der Waals surface area contributed by atoms with E-state index in [2.05, 4.69) is 15.2 Å². The van der Waals surface area contributed by atoms with Crippen molar-refractivity contribution in [2.24, 2.45) is 0 Å². The van der Waals surface area contributed by atoms with Crippen molar-refractivity contribution in [1.82, 2.24) is 9.88 Å². The molecule has 13 heteroatoms. The summed E-state index contributed by atoms with van der Waals surface area (Å²) in [6, 6.07) is 14.7. The summed E-state index contributed by atoms with van der Waals surface area (Å²) in [6.07, 6.45) is 6.46. The van der Waals surface area contributed by atoms with E-state index in [1.165, 1.54) is 41.3 Å². The molecule has 2 aliphatic heterocycles. The first-order valence-corrected chi connectivity index (χ1v) is 16.9. The summed E-state index contributed by atoms with van der Waals surface area (Å²) in [5.41, 5.74) is 2.08. The second-order valence-corrected chi connectivity index (χ2v) is 12.4. The fourth-order valence-electron chi connectivity index (χ4n) is 6.14. The van der Waals surface area contributed by atoms with Crippen LogP contribution in [0, 0.1) is 11.6 Å². The minimum Gasteiger partial charge on any atom is -0.493 e. The number of hydrogen-bond acceptors (Lipinski definition) is 9. The van der Waals surface area contributed by atoms with Crippen molar-refractivity contribution in [2.45, 2.75) is 32.3 Å². The summed E-state index contributed by atoms with van der Waals surface area (Å²) < 4.78 is 57.7. The minimum absolute atomic E-state index is 0.0591. The molecule has 272 valence electrons. The van der Waals surface area contributed by atoms with Crippen LogP contribution in [0.3, 0.4) is 0 Å². The lowest BCUT2D eigenvalue weighted by Gasteiger charge is -2.31. The number of amides is 2. The van der Waals surface area contributed by atoms with E-state index in [0.29, 0.717) is 77.3 Å². The van der Waals surface area contributed by atoms with E-state index >= 15 is 4.39 Å². The smallest absolute Gasteiger partial charge is 0.255 e. The molecule has 4 aromatic rings. The Morgan fingerprint density at radius 2 is 1.81 bits per heavy atom. The second-order valence-electron chi connectivity index (χ2n) is 12.4. The average Bonchev–Trinajstić information content (AvgIpc) is 3.63. The Labute approximate surface area is 300 Å². The van der Waals surface area contributed by atoms with Gasteiger partial charge in [-0.2, -0.15) is 0 Å². The van der Waals surface area contributed by atoms with Gasteiger partial charge in [0.15, 0.2) is 23.1 Å². The van der Waals surface area contributed by atoms with Crippen LogP contribution in [-0.2, 0) is 19.1 Å². The molecular formula is C39H40F2N4O7. The van der Waals surface area contributed by atoms with Crippen LogP contribution in [0.5, 0.6) is 23.0 Å². The van der Waals surface area contributed by atoms with Gasteiger partial charge in [0, 0.05) is 80.0 Å². The molecule has 1 N–H and O–H groups in total. The number of likely N-dealkylation sites (tertiary alicyclic amines) is 1. The van der Waals surface area contributed by atoms with Crippen LogP contribution in [-0.4, -0.2) is 75.4 Å². The number of aromatic nitrogens is 1. The SMILES string of the molecule is COc1cc2c(Oc3ccc(NC(=O)/C(C)=C4\OCC\C4=C\N(C=O)c4ccc(F)cc4)cc3F)ccnc2cc1OCCN1CCC(OC)CC1. The van der Waals surface area contributed by atoms with E-state index in [1.54, 1.807) is 51.7 Å². The highest BCUT2D eigenvalue weighted by atomic mass is 19.1. The number of benzene rings is 3. The molecule has 2 amide bonds. The molecule has 0 saturated carbocycles. The summed E-state index contributed by atoms with van der Waals surface area (Å²) in [7, 11) is 3.30. The average molecular weight is 715 g/mol. The standard InChI is InChI=1S/C39H40F2N4O7/c1-25(38-26(13-18-51-38)23-45(24-46)29-7-4-27(40)5-8-29)39(47)43-28-6-9-35(32(41)20-28)52-34-10-14-42-33-22-37(36(49-3)21-31(33)34)50-19-17-44-15-11-30(48-2)12-16-44/h4-10,14,20-24,30H,11-13,15-19H2,1-3H3,(H,43,47)/b26-23-,38-25-. The van der Waals surface area contributed by atoms with Crippen LogP contribution >= 0.6 is 0 Å². The quantitative estimate of drug-likeness (QED) is 0.116. The molecule has 0 spiro atoms. The summed E-state index contributed by atoms with van der Waals surface area (Å²) in [5, 5.41) is 3.29. The molecule has 0 unspecified atom stereocenters. The van der Waals surface area contributed by atoms with Gasteiger partial charge in [-0.1, -0.05) is 0 Å². The Hall–Kier alpha value is -5.53. The maximum absolute atomic E-state index is 15.4. The zero-order valence-corrected chi connectivity index (χ0v) is 29.2. The van der Waals surface area contributed by atoms with Gasteiger partial charge in [-0.3, -0.25) is 24.4 Å². The Balaban J connectivity index is 1.12. The van der Waals surface area contributed by atoms with E-state index in [9.17, 15) is 14.0 Å². The molecule has 2 aliphatic rings. The monoisotopic (exact) mass is 714 g/mol. The summed E-state index contributed by atoms with van der Waals surface area (Å²) in [5.74, 6) is -0.00587. The number of fused-ring (bicyclic) bond motifs is 1. The van der Waals surface area contributed by atoms with Crippen LogP contribution in [0.4, 0.5) is 20.2 Å². The Bertz CT molecular complexity index is 1980. The maximum atomic E-state index is 15.4. The fraction of sp³-hybridized carbons (Fsp3) is 0.308. The van der Waals surface area contributed by atoms with Crippen LogP contribution in [0.25, 0.3) is 10.9 Å². The summed E-state index contributed by atoms with van der Waals surface area (Å²) in [6.45, 7) is 5.04. The summed E-state index contributed by atoms with van der Waals surface area (Å²) >= 11 is 0. The number of halogens is 2. The molecule has 6 rings (SSSR count). The zero-order chi connectivity index (χ0) is 36.6. The zero-order valence-electron chi connectivity index (χ0n) is 29.2. The molecule has 1 aromatic heterocycles. The first-order valence-electron chi connectivity index (χ1n) is 16.9. The highest BCUT2D eigenvalue weighted by molar-refractivity contribution is 6.04. The fourth-order valence-corrected chi connectivity index (χ4v) is 6.14. The second kappa shape index (κ2) is 16.7. The highest BCUT2D eigenvalue weighted by Gasteiger charge is 2.24. The molecule has 3 aromatic carbocycles. The van der Waals surface area contributed by atoms with Gasteiger partial charge in [0.05, 0.1) is 30.9 Å². The predicted molar refractivity (Wildman–Crippen MR) is 192 cm³/mol. The number of piperidine rings is 1. The molecule has 0 bridgehead atoms. The van der Waals surface area contributed by atoms with Crippen molar-refractivity contribution < 1.29 is 42.1 Å². The minimum atomic E-state index is -0.701. The molecule has 2 fully saturated rings. The van der Waals surface area contributed by atoms with E-state index in [-0.39, 0.29) is 17.0 Å². The van der Waals surface area contributed by atoms with Gasteiger partial charge in [0.1, 0.15) is 23.9 Å². The number of anilines is 2. The molecule has 52 heavy (non-hydrogen) atoms. The number of hydrogen-bond donors (Lipinski definition) is 1. The Morgan fingerprint density at radius 1 is 1.02 bits per heavy atom. The molecule has 0 aliphatic carbocycles. The normalized spacial score (nSPS) is 16.8. The van der Waals surface area contributed by atoms with Gasteiger partial charge in [-0.05, 0) is 68.3 Å². The van der Waals surface area contributed by atoms with Gasteiger partial charge in [0.25, 0.3) is 5.91 Å². The van der Waals surface area contributed by atoms with Crippen LogP contribution in [0.15, 0.2) is 90.0 Å². The van der Waals surface area contributed by atoms with Crippen molar-refractivity contribution >= 4 is 34.6 Å². The molecule has 0 radical (unpaired) electrons. The number of pyridine rings is 1. The first-order chi connectivity index (χ1) is 25.3. The number of nitrogens with zero attached hydrogens (tertiary/aromatic N) is 3. The van der Waals surface area contributed by atoms with Gasteiger partial charge < -0.3 is 29.0 Å². The number of ether oxygens (including phenoxy) is 5. The summed E-state index contributed by atoms with van der Waals surface area (Å²) in [4.78, 5) is 33.1. The van der Waals surface area contributed by atoms with Gasteiger partial charge >= 0.3 is 0 Å². The molecule has 0 atom stereocenters. The topological polar surface area (TPSA) is 112 Å². The molecule has 11 nitrogen and oxygen atoms in total. The van der Waals surface area contributed by atoms with E-state index in [1.807, 2.05) is 0 Å². The lowest BCUT2D eigenvalue weighted by atomic mass is 10.1. The Kier molecular flexibility index (Phi) is 11.6. The van der Waals surface area contributed by atoms with Crippen molar-refractivity contribution in [3.05, 3.63) is 102 Å². The highest BCUT2D eigenvalue weighted by Crippen LogP contribution is 2.38. The van der Waals surface area contributed by atoms with E-state index < -0.39 is 17.5 Å². The van der Waals surface area contributed by atoms with Gasteiger partial charge in [-0.25, -0.2) is 8.78 Å². The maximum Gasteiger partial charge on any atom is 0.255 e. The molecule has 2 saturated heterocycles. The van der Waals surface area contributed by atoms with Gasteiger partial charge in [-0.15, -0.1) is 0 Å². The van der Waals surface area contributed by atoms with E-state index in [0.717, 1.165) is 38.5 Å². The largest absolute Gasteiger partial charge is 0.493 e. The number of carbonyl (C=O) groups excluding carboxylic acids is 2. The molecule has 3 heterocycles. The first kappa shape index (κ1) is 36.3. The van der Waals surface area contributed by atoms with Crippen LogP contribution in [0.1, 0.15) is 26.2 Å². The third-order valence-electron chi connectivity index (χ3n) is 9.05. The van der Waals surface area contributed by atoms with Crippen LogP contribution < -0.4 is 24.4 Å². The lowest BCUT2D eigenvalue weighted by Crippen LogP contribution is -2.38. The molecular weight excluding hydrogens is 674 g/mol. The van der Waals surface area contributed by atoms with Crippen molar-refractivity contribution in [1.29, 1.82) is 0 Å². The van der Waals surface area contributed by atoms with Crippen LogP contribution in [0.2, 0.25) is 0 Å². The van der Waals surface area contributed by atoms with E-state index in [4.69, 9.17) is 23.7 Å². The number of carbonyl (C=O) groups is 2. The number of nitrogens with one attached hydrogen (secondary N) is 1. The van der Waals surface area contributed by atoms with Crippen molar-refractivity contribution in [3.8, 4) is 23.0 Å². The lowest BCUT2D eigenvalue weighted by molar-refractivity contribution is -0.113. The van der Waals surface area contributed by atoms with Gasteiger partial charge in [0.2, 0.25) is 6.41 Å². The third-order valence-corrected chi connectivity index (χ3v) is 9.05. The third kappa shape index (κ3) is 8.49.